The molecule has 0 spiro atoms. The van der Waals surface area contributed by atoms with Crippen molar-refractivity contribution in [2.75, 3.05) is 19.8 Å². The van der Waals surface area contributed by atoms with Crippen molar-refractivity contribution >= 4 is 18.4 Å². The van der Waals surface area contributed by atoms with Crippen LogP contribution < -0.4 is 19.5 Å². The summed E-state index contributed by atoms with van der Waals surface area (Å²) in [5.74, 6) is 1.71. The van der Waals surface area contributed by atoms with Crippen LogP contribution in [-0.2, 0) is 4.79 Å². The molecule has 0 aromatic heterocycles. The highest BCUT2D eigenvalue weighted by Crippen LogP contribution is 2.33. The molecule has 2 aromatic rings. The minimum atomic E-state index is -0.665. The van der Waals surface area contributed by atoms with E-state index in [0.29, 0.717) is 24.7 Å². The molecule has 0 fully saturated rings. The van der Waals surface area contributed by atoms with Crippen LogP contribution in [0.5, 0.6) is 17.2 Å². The van der Waals surface area contributed by atoms with E-state index in [0.717, 1.165) is 22.4 Å². The first-order valence-electron chi connectivity index (χ1n) is 9.79. The lowest BCUT2D eigenvalue weighted by atomic mass is 10.0. The third-order valence-electron chi connectivity index (χ3n) is 4.60. The molecule has 2 rings (SSSR count). The van der Waals surface area contributed by atoms with Gasteiger partial charge in [-0.3, -0.25) is 4.79 Å². The molecule has 2 N–H and O–H groups in total. The first kappa shape index (κ1) is 25.8. The fourth-order valence-electron chi connectivity index (χ4n) is 2.85. The number of hydrogen-bond donors (Lipinski definition) is 2. The van der Waals surface area contributed by atoms with E-state index in [2.05, 4.69) is 5.32 Å². The predicted octanol–water partition coefficient (Wildman–Crippen LogP) is 3.76. The van der Waals surface area contributed by atoms with E-state index in [1.165, 1.54) is 6.92 Å². The van der Waals surface area contributed by atoms with Crippen LogP contribution in [0.4, 0.5) is 0 Å². The van der Waals surface area contributed by atoms with Crippen LogP contribution in [0, 0.1) is 20.8 Å². The topological polar surface area (TPSA) is 77.0 Å². The number of aliphatic hydroxyl groups is 1. The Labute approximate surface area is 185 Å². The highest BCUT2D eigenvalue weighted by Gasteiger charge is 2.15. The van der Waals surface area contributed by atoms with E-state index in [1.807, 2.05) is 64.1 Å². The zero-order valence-electron chi connectivity index (χ0n) is 18.2. The number of hydrogen-bond acceptors (Lipinski definition) is 6. The summed E-state index contributed by atoms with van der Waals surface area (Å²) in [5, 5.41) is 13.5. The van der Waals surface area contributed by atoms with Crippen LogP contribution >= 0.6 is 12.4 Å². The minimum Gasteiger partial charge on any atom is -0.492 e. The van der Waals surface area contributed by atoms with Gasteiger partial charge in [0, 0.05) is 19.5 Å². The Morgan fingerprint density at radius 2 is 1.73 bits per heavy atom. The molecule has 6 nitrogen and oxygen atoms in total. The molecule has 30 heavy (non-hydrogen) atoms. The highest BCUT2D eigenvalue weighted by atomic mass is 35.5. The number of para-hydroxylation sites is 1. The van der Waals surface area contributed by atoms with Crippen LogP contribution in [0.1, 0.15) is 30.5 Å². The Morgan fingerprint density at radius 1 is 1.07 bits per heavy atom. The first-order valence-corrected chi connectivity index (χ1v) is 9.79. The fraction of sp³-hybridized carbons (Fsp3) is 0.435. The van der Waals surface area contributed by atoms with Gasteiger partial charge < -0.3 is 24.6 Å². The summed E-state index contributed by atoms with van der Waals surface area (Å²) in [4.78, 5) is 11.3. The maximum Gasteiger partial charge on any atom is 0.308 e. The van der Waals surface area contributed by atoms with Crippen molar-refractivity contribution in [1.29, 1.82) is 0 Å². The van der Waals surface area contributed by atoms with E-state index in [1.54, 1.807) is 0 Å². The molecule has 0 amide bonds. The minimum absolute atomic E-state index is 0. The molecule has 0 radical (unpaired) electrons. The predicted molar refractivity (Wildman–Crippen MR) is 120 cm³/mol. The largest absolute Gasteiger partial charge is 0.492 e. The first-order chi connectivity index (χ1) is 13.8. The summed E-state index contributed by atoms with van der Waals surface area (Å²) in [5.41, 5.74) is 2.56. The van der Waals surface area contributed by atoms with Crippen molar-refractivity contribution in [3.63, 3.8) is 0 Å². The summed E-state index contributed by atoms with van der Waals surface area (Å²) in [7, 11) is 0. The molecule has 2 aromatic carbocycles. The monoisotopic (exact) mass is 437 g/mol. The van der Waals surface area contributed by atoms with Crippen LogP contribution in [0.2, 0.25) is 0 Å². The van der Waals surface area contributed by atoms with Crippen molar-refractivity contribution in [3.8, 4) is 17.2 Å². The SMILES string of the molecule is CC(=O)Oc1c(C)cc(OCC(O)CNC(C)COc2ccccc2)c(C)c1C.Cl. The summed E-state index contributed by atoms with van der Waals surface area (Å²) < 4.78 is 16.8. The lowest BCUT2D eigenvalue weighted by Crippen LogP contribution is -2.39. The molecule has 0 aliphatic rings. The number of aryl methyl sites for hydroxylation is 1. The van der Waals surface area contributed by atoms with Crippen LogP contribution in [0.25, 0.3) is 0 Å². The summed E-state index contributed by atoms with van der Waals surface area (Å²) >= 11 is 0. The van der Waals surface area contributed by atoms with Gasteiger partial charge in [-0.25, -0.2) is 0 Å². The van der Waals surface area contributed by atoms with Gasteiger partial charge >= 0.3 is 5.97 Å². The Morgan fingerprint density at radius 3 is 2.37 bits per heavy atom. The Hall–Kier alpha value is -2.28. The highest BCUT2D eigenvalue weighted by molar-refractivity contribution is 5.85. The number of halogens is 1. The van der Waals surface area contributed by atoms with Crippen molar-refractivity contribution in [2.24, 2.45) is 0 Å². The van der Waals surface area contributed by atoms with Gasteiger partial charge in [0.05, 0.1) is 0 Å². The molecular weight excluding hydrogens is 406 g/mol. The molecular formula is C23H32ClNO5. The molecule has 0 heterocycles. The normalized spacial score (nSPS) is 12.5. The molecule has 0 saturated heterocycles. The molecule has 7 heteroatoms. The van der Waals surface area contributed by atoms with Crippen LogP contribution in [0.3, 0.4) is 0 Å². The smallest absolute Gasteiger partial charge is 0.308 e. The van der Waals surface area contributed by atoms with Gasteiger partial charge in [-0.2, -0.15) is 0 Å². The number of carbonyl (C=O) groups excluding carboxylic acids is 1. The molecule has 0 aliphatic carbocycles. The average molecular weight is 438 g/mol. The van der Waals surface area contributed by atoms with Gasteiger partial charge in [-0.05, 0) is 62.6 Å². The van der Waals surface area contributed by atoms with E-state index in [9.17, 15) is 9.90 Å². The van der Waals surface area contributed by atoms with Gasteiger partial charge in [0.25, 0.3) is 0 Å². The molecule has 0 aliphatic heterocycles. The maximum absolute atomic E-state index is 11.3. The van der Waals surface area contributed by atoms with Gasteiger partial charge in [0.15, 0.2) is 0 Å². The second-order valence-electron chi connectivity index (χ2n) is 7.26. The number of aliphatic hydroxyl groups excluding tert-OH is 1. The van der Waals surface area contributed by atoms with Gasteiger partial charge in [0.1, 0.15) is 36.6 Å². The lowest BCUT2D eigenvalue weighted by Gasteiger charge is -2.20. The molecule has 0 saturated carbocycles. The van der Waals surface area contributed by atoms with Crippen molar-refractivity contribution in [2.45, 2.75) is 46.8 Å². The molecule has 0 bridgehead atoms. The maximum atomic E-state index is 11.3. The Balaban J connectivity index is 0.00000450. The van der Waals surface area contributed by atoms with Crippen molar-refractivity contribution in [1.82, 2.24) is 5.32 Å². The number of carbonyl (C=O) groups is 1. The number of esters is 1. The van der Waals surface area contributed by atoms with Gasteiger partial charge in [-0.1, -0.05) is 18.2 Å². The third kappa shape index (κ3) is 7.86. The number of nitrogens with one attached hydrogen (secondary N) is 1. The third-order valence-corrected chi connectivity index (χ3v) is 4.60. The van der Waals surface area contributed by atoms with Crippen LogP contribution in [-0.4, -0.2) is 43.0 Å². The van der Waals surface area contributed by atoms with E-state index < -0.39 is 6.10 Å². The zero-order chi connectivity index (χ0) is 21.4. The molecule has 2 atom stereocenters. The number of ether oxygens (including phenoxy) is 3. The summed E-state index contributed by atoms with van der Waals surface area (Å²) in [6.45, 7) is 10.1. The molecule has 166 valence electrons. The quantitative estimate of drug-likeness (QED) is 0.435. The van der Waals surface area contributed by atoms with Crippen LogP contribution in [0.15, 0.2) is 36.4 Å². The second-order valence-corrected chi connectivity index (χ2v) is 7.26. The average Bonchev–Trinajstić information content (AvgIpc) is 2.70. The van der Waals surface area contributed by atoms with Gasteiger partial charge in [-0.15, -0.1) is 12.4 Å². The van der Waals surface area contributed by atoms with E-state index in [4.69, 9.17) is 14.2 Å². The zero-order valence-corrected chi connectivity index (χ0v) is 19.0. The fourth-order valence-corrected chi connectivity index (χ4v) is 2.85. The molecule has 2 unspecified atom stereocenters. The van der Waals surface area contributed by atoms with Gasteiger partial charge in [0.2, 0.25) is 0 Å². The number of rotatable bonds is 10. The van der Waals surface area contributed by atoms with Crippen molar-refractivity contribution < 1.29 is 24.1 Å². The Bertz CT molecular complexity index is 813. The lowest BCUT2D eigenvalue weighted by molar-refractivity contribution is -0.131. The summed E-state index contributed by atoms with van der Waals surface area (Å²) in [6.07, 6.45) is -0.665. The van der Waals surface area contributed by atoms with E-state index in [-0.39, 0.29) is 31.0 Å². The Kier molecular flexibility index (Phi) is 10.7. The van der Waals surface area contributed by atoms with E-state index >= 15 is 0 Å². The second kappa shape index (κ2) is 12.4. The summed E-state index contributed by atoms with van der Waals surface area (Å²) in [6, 6.07) is 11.5. The van der Waals surface area contributed by atoms with Crippen molar-refractivity contribution in [3.05, 3.63) is 53.1 Å². The standard InChI is InChI=1S/C23H31NO5.ClH/c1-15-11-22(17(3)18(4)23(15)29-19(5)25)28-14-20(26)12-24-16(2)13-27-21-9-7-6-8-10-21;/h6-11,16,20,24,26H,12-14H2,1-5H3;1H. The number of benzene rings is 2.